The Labute approximate surface area is 151 Å². The first kappa shape index (κ1) is 17.2. The lowest BCUT2D eigenvalue weighted by molar-refractivity contribution is -0.119. The Hall–Kier alpha value is -2.60. The van der Waals surface area contributed by atoms with Gasteiger partial charge in [-0.15, -0.1) is 0 Å². The standard InChI is InChI=1S/C18H19ClN4O2/c1-13-2-3-15(9-17(13)19)21-16-8-14(10-20-11-16)18(25)23-6-4-22(12-24)5-7-23/h2-3,8-12,21H,4-7H2,1H3. The second-order valence-electron chi connectivity index (χ2n) is 5.98. The topological polar surface area (TPSA) is 65.5 Å². The highest BCUT2D eigenvalue weighted by molar-refractivity contribution is 6.31. The van der Waals surface area contributed by atoms with Gasteiger partial charge in [-0.05, 0) is 30.7 Å². The Morgan fingerprint density at radius 3 is 2.60 bits per heavy atom. The summed E-state index contributed by atoms with van der Waals surface area (Å²) in [6, 6.07) is 7.47. The zero-order valence-electron chi connectivity index (χ0n) is 13.9. The number of carbonyl (C=O) groups excluding carboxylic acids is 2. The minimum absolute atomic E-state index is 0.0800. The molecule has 0 spiro atoms. The van der Waals surface area contributed by atoms with Crippen molar-refractivity contribution < 1.29 is 9.59 Å². The highest BCUT2D eigenvalue weighted by Gasteiger charge is 2.21. The number of aryl methyl sites for hydroxylation is 1. The monoisotopic (exact) mass is 358 g/mol. The van der Waals surface area contributed by atoms with Crippen molar-refractivity contribution in [1.82, 2.24) is 14.8 Å². The molecule has 1 aromatic heterocycles. The maximum Gasteiger partial charge on any atom is 0.255 e. The van der Waals surface area contributed by atoms with Crippen molar-refractivity contribution in [2.45, 2.75) is 6.92 Å². The van der Waals surface area contributed by atoms with Crippen LogP contribution in [0.25, 0.3) is 0 Å². The van der Waals surface area contributed by atoms with Crippen LogP contribution in [0, 0.1) is 6.92 Å². The van der Waals surface area contributed by atoms with Gasteiger partial charge in [0.25, 0.3) is 5.91 Å². The number of anilines is 2. The first-order chi connectivity index (χ1) is 12.1. The van der Waals surface area contributed by atoms with E-state index in [9.17, 15) is 9.59 Å². The van der Waals surface area contributed by atoms with E-state index in [0.717, 1.165) is 23.3 Å². The summed E-state index contributed by atoms with van der Waals surface area (Å²) in [6.07, 6.45) is 4.04. The van der Waals surface area contributed by atoms with Crippen LogP contribution in [-0.4, -0.2) is 53.3 Å². The van der Waals surface area contributed by atoms with E-state index >= 15 is 0 Å². The lowest BCUT2D eigenvalue weighted by Crippen LogP contribution is -2.48. The SMILES string of the molecule is Cc1ccc(Nc2cncc(C(=O)N3CCN(C=O)CC3)c2)cc1Cl. The van der Waals surface area contributed by atoms with E-state index in [1.807, 2.05) is 25.1 Å². The third-order valence-electron chi connectivity index (χ3n) is 4.20. The van der Waals surface area contributed by atoms with Gasteiger partial charge in [-0.3, -0.25) is 14.6 Å². The minimum atomic E-state index is -0.0800. The minimum Gasteiger partial charge on any atom is -0.354 e. The van der Waals surface area contributed by atoms with Crippen LogP contribution >= 0.6 is 11.6 Å². The molecule has 1 fully saturated rings. The molecule has 0 unspecified atom stereocenters. The maximum atomic E-state index is 12.6. The molecule has 0 bridgehead atoms. The molecule has 2 aromatic rings. The summed E-state index contributed by atoms with van der Waals surface area (Å²) in [5, 5.41) is 3.89. The number of piperazine rings is 1. The van der Waals surface area contributed by atoms with Crippen LogP contribution in [0.2, 0.25) is 5.02 Å². The number of nitrogens with zero attached hydrogens (tertiary/aromatic N) is 3. The second kappa shape index (κ2) is 7.53. The number of hydrogen-bond donors (Lipinski definition) is 1. The van der Waals surface area contributed by atoms with Gasteiger partial charge in [-0.2, -0.15) is 0 Å². The summed E-state index contributed by atoms with van der Waals surface area (Å²) in [5.74, 6) is -0.0800. The van der Waals surface area contributed by atoms with E-state index in [-0.39, 0.29) is 5.91 Å². The molecular formula is C18H19ClN4O2. The lowest BCUT2D eigenvalue weighted by atomic mass is 10.2. The van der Waals surface area contributed by atoms with Crippen molar-refractivity contribution in [3.63, 3.8) is 0 Å². The summed E-state index contributed by atoms with van der Waals surface area (Å²) in [4.78, 5) is 31.0. The van der Waals surface area contributed by atoms with Crippen LogP contribution in [0.4, 0.5) is 11.4 Å². The quantitative estimate of drug-likeness (QED) is 0.853. The molecule has 1 aliphatic heterocycles. The van der Waals surface area contributed by atoms with Crippen LogP contribution in [0.1, 0.15) is 15.9 Å². The number of nitrogens with one attached hydrogen (secondary N) is 1. The number of aromatic nitrogens is 1. The second-order valence-corrected chi connectivity index (χ2v) is 6.39. The molecule has 1 N–H and O–H groups in total. The summed E-state index contributed by atoms with van der Waals surface area (Å²) in [5.41, 5.74) is 3.07. The van der Waals surface area contributed by atoms with Gasteiger partial charge in [-0.1, -0.05) is 17.7 Å². The zero-order valence-corrected chi connectivity index (χ0v) is 14.7. The molecule has 3 rings (SSSR count). The summed E-state index contributed by atoms with van der Waals surface area (Å²) in [6.45, 7) is 4.12. The number of amides is 2. The molecule has 1 aromatic carbocycles. The molecular weight excluding hydrogens is 340 g/mol. The van der Waals surface area contributed by atoms with E-state index in [1.165, 1.54) is 0 Å². The van der Waals surface area contributed by atoms with Crippen molar-refractivity contribution in [1.29, 1.82) is 0 Å². The molecule has 0 radical (unpaired) electrons. The molecule has 0 atom stereocenters. The van der Waals surface area contributed by atoms with Crippen molar-refractivity contribution >= 4 is 35.3 Å². The largest absolute Gasteiger partial charge is 0.354 e. The molecule has 2 heterocycles. The highest BCUT2D eigenvalue weighted by Crippen LogP contribution is 2.23. The van der Waals surface area contributed by atoms with E-state index in [0.29, 0.717) is 36.8 Å². The summed E-state index contributed by atoms with van der Waals surface area (Å²) < 4.78 is 0. The predicted molar refractivity (Wildman–Crippen MR) is 97.2 cm³/mol. The Kier molecular flexibility index (Phi) is 5.19. The third kappa shape index (κ3) is 4.09. The fourth-order valence-electron chi connectivity index (χ4n) is 2.68. The maximum absolute atomic E-state index is 12.6. The number of halogens is 1. The fourth-order valence-corrected chi connectivity index (χ4v) is 2.86. The Balaban J connectivity index is 1.71. The molecule has 6 nitrogen and oxygen atoms in total. The molecule has 7 heteroatoms. The van der Waals surface area contributed by atoms with E-state index in [1.54, 1.807) is 28.3 Å². The molecule has 130 valence electrons. The molecule has 0 aliphatic carbocycles. The third-order valence-corrected chi connectivity index (χ3v) is 4.60. The van der Waals surface area contributed by atoms with Crippen LogP contribution in [0.5, 0.6) is 0 Å². The number of carbonyl (C=O) groups is 2. The summed E-state index contributed by atoms with van der Waals surface area (Å²) >= 11 is 6.14. The summed E-state index contributed by atoms with van der Waals surface area (Å²) in [7, 11) is 0. The van der Waals surface area contributed by atoms with E-state index in [4.69, 9.17) is 11.6 Å². The van der Waals surface area contributed by atoms with Crippen LogP contribution in [-0.2, 0) is 4.79 Å². The van der Waals surface area contributed by atoms with Gasteiger partial charge in [0.1, 0.15) is 0 Å². The Morgan fingerprint density at radius 1 is 1.16 bits per heavy atom. The van der Waals surface area contributed by atoms with E-state index in [2.05, 4.69) is 10.3 Å². The van der Waals surface area contributed by atoms with Gasteiger partial charge in [-0.25, -0.2) is 0 Å². The average Bonchev–Trinajstić information content (AvgIpc) is 2.64. The first-order valence-corrected chi connectivity index (χ1v) is 8.41. The lowest BCUT2D eigenvalue weighted by Gasteiger charge is -2.32. The van der Waals surface area contributed by atoms with Crippen LogP contribution < -0.4 is 5.32 Å². The number of rotatable bonds is 4. The van der Waals surface area contributed by atoms with Gasteiger partial charge in [0.15, 0.2) is 0 Å². The van der Waals surface area contributed by atoms with E-state index < -0.39 is 0 Å². The molecule has 25 heavy (non-hydrogen) atoms. The molecule has 1 saturated heterocycles. The van der Waals surface area contributed by atoms with Gasteiger partial charge in [0.2, 0.25) is 6.41 Å². The van der Waals surface area contributed by atoms with Gasteiger partial charge < -0.3 is 15.1 Å². The Morgan fingerprint density at radius 2 is 1.92 bits per heavy atom. The van der Waals surface area contributed by atoms with Crippen LogP contribution in [0.15, 0.2) is 36.7 Å². The predicted octanol–water partition coefficient (Wildman–Crippen LogP) is 2.70. The highest BCUT2D eigenvalue weighted by atomic mass is 35.5. The van der Waals surface area contributed by atoms with Gasteiger partial charge in [0.05, 0.1) is 17.4 Å². The normalized spacial score (nSPS) is 14.3. The molecule has 2 amide bonds. The van der Waals surface area contributed by atoms with Gasteiger partial charge in [0, 0.05) is 43.1 Å². The zero-order chi connectivity index (χ0) is 17.8. The smallest absolute Gasteiger partial charge is 0.255 e. The number of benzene rings is 1. The number of hydrogen-bond acceptors (Lipinski definition) is 4. The Bertz CT molecular complexity index is 788. The first-order valence-electron chi connectivity index (χ1n) is 8.03. The van der Waals surface area contributed by atoms with Crippen molar-refractivity contribution in [2.75, 3.05) is 31.5 Å². The van der Waals surface area contributed by atoms with Gasteiger partial charge >= 0.3 is 0 Å². The van der Waals surface area contributed by atoms with Crippen LogP contribution in [0.3, 0.4) is 0 Å². The molecule has 1 aliphatic rings. The van der Waals surface area contributed by atoms with Crippen molar-refractivity contribution in [3.05, 3.63) is 52.8 Å². The average molecular weight is 359 g/mol. The number of pyridine rings is 1. The molecule has 0 saturated carbocycles. The van der Waals surface area contributed by atoms with Crippen molar-refractivity contribution in [2.24, 2.45) is 0 Å². The van der Waals surface area contributed by atoms with Crippen molar-refractivity contribution in [3.8, 4) is 0 Å². The fraction of sp³-hybridized carbons (Fsp3) is 0.278.